The summed E-state index contributed by atoms with van der Waals surface area (Å²) in [6, 6.07) is 18.5. The predicted octanol–water partition coefficient (Wildman–Crippen LogP) is 6.64. The number of carbonyl (C=O) groups is 3. The van der Waals surface area contributed by atoms with E-state index in [-0.39, 0.29) is 6.54 Å². The number of aromatic nitrogens is 1. The highest BCUT2D eigenvalue weighted by molar-refractivity contribution is 6.00. The van der Waals surface area contributed by atoms with Crippen LogP contribution in [-0.4, -0.2) is 35.8 Å². The molecule has 0 fully saturated rings. The van der Waals surface area contributed by atoms with Gasteiger partial charge in [0.2, 0.25) is 0 Å². The van der Waals surface area contributed by atoms with Crippen molar-refractivity contribution < 1.29 is 33.0 Å². The van der Waals surface area contributed by atoms with Gasteiger partial charge in [0, 0.05) is 30.1 Å². The van der Waals surface area contributed by atoms with E-state index in [1.54, 1.807) is 99.8 Å². The fourth-order valence-corrected chi connectivity index (χ4v) is 3.87. The highest BCUT2D eigenvalue weighted by Gasteiger charge is 2.14. The molecular formula is C32H32N4O7. The number of methoxy groups -OCH3 is 1. The molecule has 3 N–H and O–H groups in total. The Morgan fingerprint density at radius 1 is 0.953 bits per heavy atom. The minimum Gasteiger partial charge on any atom is -0.496 e. The lowest BCUT2D eigenvalue weighted by Crippen LogP contribution is -2.26. The molecule has 3 amide bonds. The van der Waals surface area contributed by atoms with Crippen LogP contribution in [0.25, 0.3) is 17.4 Å². The largest absolute Gasteiger partial charge is 0.496 e. The van der Waals surface area contributed by atoms with Gasteiger partial charge >= 0.3 is 18.1 Å². The van der Waals surface area contributed by atoms with Crippen molar-refractivity contribution in [2.75, 3.05) is 17.7 Å². The topological polar surface area (TPSA) is 141 Å². The van der Waals surface area contributed by atoms with Crippen molar-refractivity contribution in [1.82, 2.24) is 10.3 Å². The molecule has 0 saturated heterocycles. The molecule has 222 valence electrons. The van der Waals surface area contributed by atoms with Crippen LogP contribution in [-0.2, 0) is 16.1 Å². The van der Waals surface area contributed by atoms with Gasteiger partial charge in [-0.2, -0.15) is 0 Å². The number of rotatable bonds is 9. The van der Waals surface area contributed by atoms with Gasteiger partial charge in [0.1, 0.15) is 17.1 Å². The molecule has 0 bridgehead atoms. The van der Waals surface area contributed by atoms with Crippen LogP contribution in [0.1, 0.15) is 31.9 Å². The summed E-state index contributed by atoms with van der Waals surface area (Å²) in [4.78, 5) is 40.9. The summed E-state index contributed by atoms with van der Waals surface area (Å²) < 4.78 is 21.4. The first-order chi connectivity index (χ1) is 20.6. The summed E-state index contributed by atoms with van der Waals surface area (Å²) >= 11 is 0. The normalized spacial score (nSPS) is 11.1. The van der Waals surface area contributed by atoms with Gasteiger partial charge in [-0.1, -0.05) is 24.3 Å². The van der Waals surface area contributed by atoms with E-state index in [1.807, 2.05) is 0 Å². The summed E-state index contributed by atoms with van der Waals surface area (Å²) in [7, 11) is 1.53. The van der Waals surface area contributed by atoms with Gasteiger partial charge in [0.05, 0.1) is 18.9 Å². The van der Waals surface area contributed by atoms with Gasteiger partial charge in [-0.15, -0.1) is 0 Å². The van der Waals surface area contributed by atoms with Gasteiger partial charge in [-0.05, 0) is 74.4 Å². The molecule has 0 atom stereocenters. The molecule has 4 rings (SSSR count). The fraction of sp³-hybridized carbons (Fsp3) is 0.188. The van der Waals surface area contributed by atoms with Gasteiger partial charge < -0.3 is 34.6 Å². The number of oxazole rings is 1. The number of ether oxygens (including phenoxy) is 3. The minimum absolute atomic E-state index is 0.161. The molecule has 0 aliphatic rings. The van der Waals surface area contributed by atoms with Crippen molar-refractivity contribution in [3.05, 3.63) is 96.5 Å². The van der Waals surface area contributed by atoms with Crippen molar-refractivity contribution in [2.45, 2.75) is 32.9 Å². The number of carbonyl (C=O) groups excluding carboxylic acids is 3. The van der Waals surface area contributed by atoms with Crippen LogP contribution in [0.15, 0.2) is 89.8 Å². The Hall–Kier alpha value is -5.58. The number of benzene rings is 3. The molecule has 4 aromatic rings. The van der Waals surface area contributed by atoms with Crippen molar-refractivity contribution in [1.29, 1.82) is 0 Å². The van der Waals surface area contributed by atoms with Crippen LogP contribution in [0.5, 0.6) is 11.5 Å². The minimum atomic E-state index is -0.660. The summed E-state index contributed by atoms with van der Waals surface area (Å²) in [6.45, 7) is 5.53. The Morgan fingerprint density at radius 2 is 1.72 bits per heavy atom. The van der Waals surface area contributed by atoms with Gasteiger partial charge in [0.25, 0.3) is 0 Å². The average Bonchev–Trinajstić information content (AvgIpc) is 3.49. The van der Waals surface area contributed by atoms with E-state index < -0.39 is 23.7 Å². The number of hydrogen-bond acceptors (Lipinski definition) is 8. The molecule has 0 radical (unpaired) electrons. The zero-order valence-electron chi connectivity index (χ0n) is 24.2. The van der Waals surface area contributed by atoms with E-state index in [2.05, 4.69) is 20.9 Å². The molecule has 0 aliphatic carbocycles. The summed E-state index contributed by atoms with van der Waals surface area (Å²) in [5, 5.41) is 8.23. The zero-order chi connectivity index (χ0) is 30.8. The van der Waals surface area contributed by atoms with Crippen LogP contribution >= 0.6 is 0 Å². The first kappa shape index (κ1) is 30.4. The Morgan fingerprint density at radius 3 is 2.44 bits per heavy atom. The van der Waals surface area contributed by atoms with Crippen molar-refractivity contribution >= 4 is 35.5 Å². The molecule has 11 nitrogen and oxygen atoms in total. The molecule has 1 heterocycles. The van der Waals surface area contributed by atoms with Gasteiger partial charge in [0.15, 0.2) is 12.2 Å². The maximum atomic E-state index is 12.6. The highest BCUT2D eigenvalue weighted by Crippen LogP contribution is 2.32. The smallest absolute Gasteiger partial charge is 0.412 e. The third kappa shape index (κ3) is 9.49. The molecule has 1 aromatic heterocycles. The van der Waals surface area contributed by atoms with Gasteiger partial charge in [-0.3, -0.25) is 0 Å². The number of amides is 3. The predicted molar refractivity (Wildman–Crippen MR) is 162 cm³/mol. The van der Waals surface area contributed by atoms with E-state index in [0.29, 0.717) is 39.8 Å². The summed E-state index contributed by atoms with van der Waals surface area (Å²) in [6.07, 6.45) is 5.14. The van der Waals surface area contributed by atoms with E-state index >= 15 is 0 Å². The Balaban J connectivity index is 1.28. The van der Waals surface area contributed by atoms with E-state index in [0.717, 1.165) is 5.56 Å². The second-order valence-corrected chi connectivity index (χ2v) is 10.2. The Labute approximate surface area is 248 Å². The molecule has 0 saturated carbocycles. The van der Waals surface area contributed by atoms with Crippen molar-refractivity contribution in [3.8, 4) is 22.8 Å². The lowest BCUT2D eigenvalue weighted by atomic mass is 10.1. The SMILES string of the molecule is COc1cc(NC(=O)Nc2cccc(CNC(=O)Oc3cccc(C=CC(=O)OC(C)(C)C)c3)c2)ccc1-c1cnco1. The second kappa shape index (κ2) is 13.9. The zero-order valence-corrected chi connectivity index (χ0v) is 24.2. The molecule has 0 unspecified atom stereocenters. The first-order valence-electron chi connectivity index (χ1n) is 13.3. The summed E-state index contributed by atoms with van der Waals surface area (Å²) in [5.74, 6) is 0.895. The lowest BCUT2D eigenvalue weighted by molar-refractivity contribution is -0.148. The first-order valence-corrected chi connectivity index (χ1v) is 13.3. The molecule has 0 aliphatic heterocycles. The van der Waals surface area contributed by atoms with Crippen LogP contribution < -0.4 is 25.4 Å². The highest BCUT2D eigenvalue weighted by atomic mass is 16.6. The van der Waals surface area contributed by atoms with Crippen LogP contribution in [0.2, 0.25) is 0 Å². The van der Waals surface area contributed by atoms with Crippen LogP contribution in [0.3, 0.4) is 0 Å². The average molecular weight is 585 g/mol. The third-order valence-corrected chi connectivity index (χ3v) is 5.67. The van der Waals surface area contributed by atoms with Crippen molar-refractivity contribution in [2.24, 2.45) is 0 Å². The second-order valence-electron chi connectivity index (χ2n) is 10.2. The van der Waals surface area contributed by atoms with Crippen LogP contribution in [0, 0.1) is 0 Å². The summed E-state index contributed by atoms with van der Waals surface area (Å²) in [5.41, 5.74) is 2.56. The van der Waals surface area contributed by atoms with E-state index in [1.165, 1.54) is 19.6 Å². The van der Waals surface area contributed by atoms with Crippen molar-refractivity contribution in [3.63, 3.8) is 0 Å². The monoisotopic (exact) mass is 584 g/mol. The van der Waals surface area contributed by atoms with E-state index in [9.17, 15) is 14.4 Å². The standard InChI is InChI=1S/C32H32N4O7/c1-32(2,3)43-29(37)14-11-21-7-6-10-25(16-21)42-31(39)34-18-22-8-5-9-23(15-22)35-30(38)36-24-12-13-26(27(17-24)40-4)28-19-33-20-41-28/h5-17,19-20H,18H2,1-4H3,(H,34,39)(H2,35,36,38). The molecule has 0 spiro atoms. The fourth-order valence-electron chi connectivity index (χ4n) is 3.87. The quantitative estimate of drug-likeness (QED) is 0.147. The number of nitrogens with zero attached hydrogens (tertiary/aromatic N) is 1. The maximum absolute atomic E-state index is 12.6. The van der Waals surface area contributed by atoms with Gasteiger partial charge in [-0.25, -0.2) is 19.4 Å². The Bertz CT molecular complexity index is 1610. The maximum Gasteiger partial charge on any atom is 0.412 e. The third-order valence-electron chi connectivity index (χ3n) is 5.67. The molecule has 11 heteroatoms. The molecule has 3 aromatic carbocycles. The Kier molecular flexibility index (Phi) is 9.79. The van der Waals surface area contributed by atoms with Crippen LogP contribution in [0.4, 0.5) is 21.0 Å². The number of esters is 1. The number of anilines is 2. The van der Waals surface area contributed by atoms with E-state index in [4.69, 9.17) is 18.6 Å². The number of nitrogens with one attached hydrogen (secondary N) is 3. The number of hydrogen-bond donors (Lipinski definition) is 3. The number of urea groups is 1. The molecular weight excluding hydrogens is 552 g/mol. The lowest BCUT2D eigenvalue weighted by Gasteiger charge is -2.17. The molecule has 43 heavy (non-hydrogen) atoms.